The molecule has 0 radical (unpaired) electrons. The average Bonchev–Trinajstić information content (AvgIpc) is 3.52. The highest BCUT2D eigenvalue weighted by atomic mass is 16.4. The molecule has 164 valence electrons. The minimum absolute atomic E-state index is 0.0605. The number of carbonyl (C=O) groups excluding carboxylic acids is 1. The van der Waals surface area contributed by atoms with Gasteiger partial charge in [-0.15, -0.1) is 0 Å². The number of aromatic hydroxyl groups is 1. The van der Waals surface area contributed by atoms with E-state index >= 15 is 0 Å². The SMILES string of the molecule is O=C(O)c1oc(C(=O)c2c[nH]c3c(/C=C/CO)cccc23)c(O)c1-c1c[nH]c2ccccc12. The third-order valence-corrected chi connectivity index (χ3v) is 5.54. The minimum Gasteiger partial charge on any atom is -0.504 e. The van der Waals surface area contributed by atoms with Gasteiger partial charge in [0, 0.05) is 34.2 Å². The Morgan fingerprint density at radius 3 is 2.55 bits per heavy atom. The molecule has 0 fully saturated rings. The molecule has 0 unspecified atom stereocenters. The summed E-state index contributed by atoms with van der Waals surface area (Å²) >= 11 is 0. The smallest absolute Gasteiger partial charge is 0.372 e. The van der Waals surface area contributed by atoms with Crippen LogP contribution < -0.4 is 0 Å². The van der Waals surface area contributed by atoms with Crippen LogP contribution in [0.4, 0.5) is 0 Å². The molecule has 3 heterocycles. The summed E-state index contributed by atoms with van der Waals surface area (Å²) in [4.78, 5) is 31.3. The molecule has 0 aliphatic rings. The maximum atomic E-state index is 13.4. The highest BCUT2D eigenvalue weighted by Gasteiger charge is 2.32. The molecule has 5 aromatic rings. The Balaban J connectivity index is 1.67. The van der Waals surface area contributed by atoms with Crippen LogP contribution in [0.5, 0.6) is 5.75 Å². The Morgan fingerprint density at radius 1 is 0.970 bits per heavy atom. The monoisotopic (exact) mass is 442 g/mol. The topological polar surface area (TPSA) is 140 Å². The Hall–Kier alpha value is -4.56. The van der Waals surface area contributed by atoms with Crippen LogP contribution in [0.2, 0.25) is 0 Å². The van der Waals surface area contributed by atoms with Gasteiger partial charge in [-0.1, -0.05) is 48.6 Å². The summed E-state index contributed by atoms with van der Waals surface area (Å²) in [5.41, 5.74) is 2.74. The van der Waals surface area contributed by atoms with Crippen molar-refractivity contribution in [3.05, 3.63) is 83.6 Å². The van der Waals surface area contributed by atoms with Crippen molar-refractivity contribution in [2.24, 2.45) is 0 Å². The van der Waals surface area contributed by atoms with Gasteiger partial charge < -0.3 is 29.7 Å². The van der Waals surface area contributed by atoms with Gasteiger partial charge in [0.15, 0.2) is 5.75 Å². The van der Waals surface area contributed by atoms with Gasteiger partial charge in [-0.05, 0) is 11.6 Å². The largest absolute Gasteiger partial charge is 0.504 e. The van der Waals surface area contributed by atoms with E-state index in [1.807, 2.05) is 18.2 Å². The number of furan rings is 1. The number of carboxylic acids is 1. The second-order valence-corrected chi connectivity index (χ2v) is 7.42. The maximum Gasteiger partial charge on any atom is 0.372 e. The molecule has 0 amide bonds. The van der Waals surface area contributed by atoms with Crippen molar-refractivity contribution in [1.82, 2.24) is 9.97 Å². The minimum atomic E-state index is -1.40. The van der Waals surface area contributed by atoms with Crippen LogP contribution in [0.3, 0.4) is 0 Å². The predicted molar refractivity (Wildman–Crippen MR) is 122 cm³/mol. The summed E-state index contributed by atoms with van der Waals surface area (Å²) in [6.07, 6.45) is 6.34. The lowest BCUT2D eigenvalue weighted by molar-refractivity contribution is 0.0661. The lowest BCUT2D eigenvalue weighted by Crippen LogP contribution is -1.99. The molecular formula is C25H18N2O6. The number of ketones is 1. The molecule has 0 saturated carbocycles. The van der Waals surface area contributed by atoms with E-state index in [0.717, 1.165) is 11.1 Å². The van der Waals surface area contributed by atoms with Crippen LogP contribution in [-0.4, -0.2) is 43.6 Å². The fourth-order valence-electron chi connectivity index (χ4n) is 4.06. The average molecular weight is 442 g/mol. The quantitative estimate of drug-likeness (QED) is 0.245. The number of benzene rings is 2. The number of para-hydroxylation sites is 2. The molecule has 33 heavy (non-hydrogen) atoms. The first-order chi connectivity index (χ1) is 16.0. The zero-order valence-corrected chi connectivity index (χ0v) is 17.1. The zero-order chi connectivity index (χ0) is 23.1. The van der Waals surface area contributed by atoms with E-state index in [0.29, 0.717) is 21.9 Å². The van der Waals surface area contributed by atoms with Crippen molar-refractivity contribution >= 4 is 39.6 Å². The molecular weight excluding hydrogens is 424 g/mol. The van der Waals surface area contributed by atoms with Crippen molar-refractivity contribution in [3.8, 4) is 16.9 Å². The fraction of sp³-hybridized carbons (Fsp3) is 0.0400. The molecule has 0 aliphatic heterocycles. The van der Waals surface area contributed by atoms with Gasteiger partial charge in [-0.25, -0.2) is 4.79 Å². The van der Waals surface area contributed by atoms with Crippen LogP contribution in [0.1, 0.15) is 32.2 Å². The molecule has 8 nitrogen and oxygen atoms in total. The third-order valence-electron chi connectivity index (χ3n) is 5.54. The van der Waals surface area contributed by atoms with Gasteiger partial charge in [-0.2, -0.15) is 0 Å². The van der Waals surface area contributed by atoms with Crippen LogP contribution >= 0.6 is 0 Å². The first-order valence-electron chi connectivity index (χ1n) is 10.1. The van der Waals surface area contributed by atoms with E-state index in [9.17, 15) is 19.8 Å². The normalized spacial score (nSPS) is 11.7. The van der Waals surface area contributed by atoms with E-state index < -0.39 is 29.0 Å². The number of hydrogen-bond acceptors (Lipinski definition) is 5. The lowest BCUT2D eigenvalue weighted by atomic mass is 10.0. The molecule has 5 N–H and O–H groups in total. The molecule has 0 aliphatic carbocycles. The number of H-pyrrole nitrogens is 2. The number of aromatic nitrogens is 2. The number of fused-ring (bicyclic) bond motifs is 2. The van der Waals surface area contributed by atoms with Gasteiger partial charge in [0.1, 0.15) is 0 Å². The highest BCUT2D eigenvalue weighted by molar-refractivity contribution is 6.18. The van der Waals surface area contributed by atoms with Crippen LogP contribution in [0.15, 0.2) is 65.4 Å². The fourth-order valence-corrected chi connectivity index (χ4v) is 4.06. The van der Waals surface area contributed by atoms with Crippen molar-refractivity contribution in [2.75, 3.05) is 6.61 Å². The predicted octanol–water partition coefficient (Wildman–Crippen LogP) is 4.55. The van der Waals surface area contributed by atoms with Gasteiger partial charge in [0.2, 0.25) is 17.3 Å². The summed E-state index contributed by atoms with van der Waals surface area (Å²) in [6, 6.07) is 12.5. The summed E-state index contributed by atoms with van der Waals surface area (Å²) < 4.78 is 5.44. The Bertz CT molecular complexity index is 1570. The zero-order valence-electron chi connectivity index (χ0n) is 17.1. The van der Waals surface area contributed by atoms with Gasteiger partial charge in [0.25, 0.3) is 0 Å². The van der Waals surface area contributed by atoms with Crippen molar-refractivity contribution < 1.29 is 29.3 Å². The first-order valence-corrected chi connectivity index (χ1v) is 10.1. The molecule has 0 saturated heterocycles. The number of carboxylic acid groups (broad SMARTS) is 1. The summed E-state index contributed by atoms with van der Waals surface area (Å²) in [6.45, 7) is -0.127. The molecule has 2 aromatic carbocycles. The second-order valence-electron chi connectivity index (χ2n) is 7.42. The van der Waals surface area contributed by atoms with Crippen molar-refractivity contribution in [3.63, 3.8) is 0 Å². The van der Waals surface area contributed by atoms with Gasteiger partial charge in [-0.3, -0.25) is 4.79 Å². The highest BCUT2D eigenvalue weighted by Crippen LogP contribution is 2.42. The van der Waals surface area contributed by atoms with Crippen LogP contribution in [-0.2, 0) is 0 Å². The Kier molecular flexibility index (Phi) is 4.84. The van der Waals surface area contributed by atoms with Gasteiger partial charge in [0.05, 0.1) is 23.3 Å². The molecule has 0 bridgehead atoms. The second kappa shape index (κ2) is 7.85. The van der Waals surface area contributed by atoms with Crippen molar-refractivity contribution in [2.45, 2.75) is 0 Å². The summed E-state index contributed by atoms with van der Waals surface area (Å²) in [5, 5.41) is 31.0. The number of aliphatic hydroxyl groups excluding tert-OH is 1. The van der Waals surface area contributed by atoms with E-state index in [4.69, 9.17) is 9.52 Å². The number of aliphatic hydroxyl groups is 1. The number of rotatable bonds is 6. The van der Waals surface area contributed by atoms with E-state index in [-0.39, 0.29) is 17.7 Å². The first kappa shape index (κ1) is 20.3. The van der Waals surface area contributed by atoms with Crippen LogP contribution in [0, 0.1) is 0 Å². The van der Waals surface area contributed by atoms with E-state index in [1.54, 1.807) is 42.6 Å². The summed E-state index contributed by atoms with van der Waals surface area (Å²) in [7, 11) is 0. The third kappa shape index (κ3) is 3.20. The van der Waals surface area contributed by atoms with E-state index in [2.05, 4.69) is 9.97 Å². The molecule has 5 rings (SSSR count). The van der Waals surface area contributed by atoms with E-state index in [1.165, 1.54) is 6.20 Å². The Labute approximate surface area is 186 Å². The van der Waals surface area contributed by atoms with Crippen molar-refractivity contribution in [1.29, 1.82) is 0 Å². The number of nitrogens with one attached hydrogen (secondary N) is 2. The molecule has 0 atom stereocenters. The van der Waals surface area contributed by atoms with Crippen LogP contribution in [0.25, 0.3) is 39.0 Å². The molecule has 0 spiro atoms. The maximum absolute atomic E-state index is 13.4. The standard InChI is InChI=1S/C25H18N2O6/c28-10-4-6-13-5-3-8-15-17(12-27-20(13)15)21(29)24-22(30)19(23(33-24)25(31)32)16-11-26-18-9-2-1-7-14(16)18/h1-9,11-12,26-28,30H,10H2,(H,31,32)/b6-4+. The Morgan fingerprint density at radius 2 is 1.76 bits per heavy atom. The molecule has 8 heteroatoms. The number of aromatic carboxylic acids is 1. The number of carbonyl (C=O) groups is 2. The number of aromatic amines is 2. The summed E-state index contributed by atoms with van der Waals surface area (Å²) in [5.74, 6) is -3.57. The number of hydrogen-bond donors (Lipinski definition) is 5. The van der Waals surface area contributed by atoms with Gasteiger partial charge >= 0.3 is 5.97 Å². The lowest BCUT2D eigenvalue weighted by Gasteiger charge is -2.00. The molecule has 3 aromatic heterocycles.